The highest BCUT2D eigenvalue weighted by Crippen LogP contribution is 2.19. The van der Waals surface area contributed by atoms with Crippen molar-refractivity contribution >= 4 is 23.6 Å². The second-order valence-corrected chi connectivity index (χ2v) is 8.73. The quantitative estimate of drug-likeness (QED) is 0.495. The molecule has 1 atom stereocenters. The molecule has 32 heavy (non-hydrogen) atoms. The topological polar surface area (TPSA) is 49.4 Å². The first-order valence-corrected chi connectivity index (χ1v) is 11.9. The summed E-state index contributed by atoms with van der Waals surface area (Å²) in [5.41, 5.74) is 4.37. The molecule has 3 aromatic rings. The van der Waals surface area contributed by atoms with Crippen LogP contribution in [-0.4, -0.2) is 35.6 Å². The van der Waals surface area contributed by atoms with Crippen LogP contribution in [0.3, 0.4) is 0 Å². The van der Waals surface area contributed by atoms with E-state index in [1.54, 1.807) is 23.7 Å². The summed E-state index contributed by atoms with van der Waals surface area (Å²) >= 11 is 1.58. The average Bonchev–Trinajstić information content (AvgIpc) is 2.83. The van der Waals surface area contributed by atoms with Gasteiger partial charge >= 0.3 is 0 Å². The molecule has 3 aromatic carbocycles. The predicted octanol–water partition coefficient (Wildman–Crippen LogP) is 4.61. The molecule has 0 aliphatic rings. The van der Waals surface area contributed by atoms with Crippen LogP contribution in [-0.2, 0) is 28.3 Å². The van der Waals surface area contributed by atoms with Crippen molar-refractivity contribution in [2.75, 3.05) is 12.8 Å². The minimum absolute atomic E-state index is 0.0290. The fourth-order valence-electron chi connectivity index (χ4n) is 3.60. The molecular weight excluding hydrogens is 416 g/mol. The summed E-state index contributed by atoms with van der Waals surface area (Å²) in [6.07, 6.45) is 0.474. The molecule has 0 aromatic heterocycles. The Hall–Kier alpha value is -3.05. The van der Waals surface area contributed by atoms with Crippen LogP contribution in [0, 0.1) is 6.92 Å². The zero-order chi connectivity index (χ0) is 22.8. The molecule has 0 radical (unpaired) electrons. The van der Waals surface area contributed by atoms with Gasteiger partial charge in [-0.3, -0.25) is 9.59 Å². The van der Waals surface area contributed by atoms with Gasteiger partial charge in [0, 0.05) is 25.8 Å². The molecule has 0 saturated carbocycles. The van der Waals surface area contributed by atoms with E-state index < -0.39 is 6.04 Å². The molecular formula is C27H30N2O2S. The van der Waals surface area contributed by atoms with Crippen molar-refractivity contribution in [2.45, 2.75) is 31.7 Å². The van der Waals surface area contributed by atoms with Crippen molar-refractivity contribution in [3.63, 3.8) is 0 Å². The van der Waals surface area contributed by atoms with E-state index in [0.717, 1.165) is 22.4 Å². The third-order valence-electron chi connectivity index (χ3n) is 5.46. The Morgan fingerprint density at radius 2 is 1.47 bits per heavy atom. The molecule has 2 amide bonds. The van der Waals surface area contributed by atoms with Crippen LogP contribution in [0.4, 0.5) is 0 Å². The van der Waals surface area contributed by atoms with Gasteiger partial charge in [-0.2, -0.15) is 0 Å². The Bertz CT molecular complexity index is 1010. The molecule has 5 heteroatoms. The molecule has 0 fully saturated rings. The van der Waals surface area contributed by atoms with E-state index >= 15 is 0 Å². The van der Waals surface area contributed by atoms with Crippen LogP contribution in [0.25, 0.3) is 0 Å². The summed E-state index contributed by atoms with van der Waals surface area (Å²) in [7, 11) is 1.63. The molecule has 0 bridgehead atoms. The van der Waals surface area contributed by atoms with Crippen molar-refractivity contribution in [3.05, 3.63) is 107 Å². The number of likely N-dealkylation sites (N-methyl/N-ethyl adjacent to an activating group) is 1. The largest absolute Gasteiger partial charge is 0.357 e. The fourth-order valence-corrected chi connectivity index (χ4v) is 4.48. The smallest absolute Gasteiger partial charge is 0.242 e. The summed E-state index contributed by atoms with van der Waals surface area (Å²) in [5, 5.41) is 2.76. The number of carbonyl (C=O) groups excluding carboxylic acids is 2. The molecule has 1 N–H and O–H groups in total. The lowest BCUT2D eigenvalue weighted by atomic mass is 10.0. The van der Waals surface area contributed by atoms with Crippen molar-refractivity contribution in [1.29, 1.82) is 0 Å². The van der Waals surface area contributed by atoms with Crippen LogP contribution in [0.5, 0.6) is 0 Å². The van der Waals surface area contributed by atoms with E-state index in [1.807, 2.05) is 79.7 Å². The van der Waals surface area contributed by atoms with Crippen molar-refractivity contribution < 1.29 is 9.59 Å². The van der Waals surface area contributed by atoms with E-state index in [0.29, 0.717) is 18.7 Å². The predicted molar refractivity (Wildman–Crippen MR) is 132 cm³/mol. The van der Waals surface area contributed by atoms with Crippen LogP contribution < -0.4 is 5.32 Å². The number of hydrogen-bond donors (Lipinski definition) is 1. The van der Waals surface area contributed by atoms with E-state index in [-0.39, 0.29) is 11.8 Å². The molecule has 0 aliphatic heterocycles. The summed E-state index contributed by atoms with van der Waals surface area (Å²) < 4.78 is 0. The van der Waals surface area contributed by atoms with E-state index in [4.69, 9.17) is 0 Å². The molecule has 3 rings (SSSR count). The lowest BCUT2D eigenvalue weighted by Gasteiger charge is -2.31. The van der Waals surface area contributed by atoms with Gasteiger partial charge in [0.1, 0.15) is 6.04 Å². The van der Waals surface area contributed by atoms with Crippen molar-refractivity contribution in [3.8, 4) is 0 Å². The number of nitrogens with zero attached hydrogens (tertiary/aromatic N) is 1. The Labute approximate surface area is 195 Å². The highest BCUT2D eigenvalue weighted by Gasteiger charge is 2.29. The zero-order valence-electron chi connectivity index (χ0n) is 18.7. The molecule has 166 valence electrons. The maximum atomic E-state index is 13.4. The highest BCUT2D eigenvalue weighted by atomic mass is 32.2. The first kappa shape index (κ1) is 23.6. The fraction of sp³-hybridized carbons (Fsp3) is 0.259. The van der Waals surface area contributed by atoms with Crippen LogP contribution >= 0.6 is 11.8 Å². The Kier molecular flexibility index (Phi) is 8.93. The first-order chi connectivity index (χ1) is 15.6. The summed E-state index contributed by atoms with van der Waals surface area (Å²) in [6.45, 7) is 2.44. The Balaban J connectivity index is 1.82. The van der Waals surface area contributed by atoms with E-state index in [1.165, 1.54) is 5.56 Å². The lowest BCUT2D eigenvalue weighted by molar-refractivity contribution is -0.139. The third kappa shape index (κ3) is 6.72. The van der Waals surface area contributed by atoms with Gasteiger partial charge in [0.05, 0.1) is 5.75 Å². The normalized spacial score (nSPS) is 11.6. The minimum Gasteiger partial charge on any atom is -0.357 e. The second-order valence-electron chi connectivity index (χ2n) is 7.75. The van der Waals surface area contributed by atoms with Gasteiger partial charge in [-0.15, -0.1) is 11.8 Å². The molecule has 0 aliphatic carbocycles. The highest BCUT2D eigenvalue weighted by molar-refractivity contribution is 7.99. The van der Waals surface area contributed by atoms with E-state index in [2.05, 4.69) is 17.4 Å². The molecule has 4 nitrogen and oxygen atoms in total. The van der Waals surface area contributed by atoms with Gasteiger partial charge in [0.2, 0.25) is 11.8 Å². The van der Waals surface area contributed by atoms with Crippen LogP contribution in [0.15, 0.2) is 84.9 Å². The monoisotopic (exact) mass is 446 g/mol. The summed E-state index contributed by atoms with van der Waals surface area (Å²) in [6, 6.07) is 27.4. The van der Waals surface area contributed by atoms with Crippen LogP contribution in [0.1, 0.15) is 22.3 Å². The molecule has 0 heterocycles. The van der Waals surface area contributed by atoms with Gasteiger partial charge in [0.25, 0.3) is 0 Å². The molecule has 0 spiro atoms. The number of nitrogens with one attached hydrogen (secondary N) is 1. The van der Waals surface area contributed by atoms with Gasteiger partial charge in [0.15, 0.2) is 0 Å². The maximum Gasteiger partial charge on any atom is 0.242 e. The number of thioether (sulfide) groups is 1. The zero-order valence-corrected chi connectivity index (χ0v) is 19.5. The minimum atomic E-state index is -0.577. The molecule has 0 unspecified atom stereocenters. The molecule has 0 saturated heterocycles. The standard InChI is InChI=1S/C27H30N2O2S/c1-21-11-9-10-16-24(21)18-29(26(30)20-32-19-23-14-7-4-8-15-23)25(27(31)28-2)17-22-12-5-3-6-13-22/h3-16,25H,17-20H2,1-2H3,(H,28,31)/t25-/m0/s1. The van der Waals surface area contributed by atoms with Crippen LogP contribution in [0.2, 0.25) is 0 Å². The van der Waals surface area contributed by atoms with Gasteiger partial charge < -0.3 is 10.2 Å². The summed E-state index contributed by atoms with van der Waals surface area (Å²) in [5.74, 6) is 0.902. The van der Waals surface area contributed by atoms with Crippen molar-refractivity contribution in [2.24, 2.45) is 0 Å². The summed E-state index contributed by atoms with van der Waals surface area (Å²) in [4.78, 5) is 28.1. The Morgan fingerprint density at radius 3 is 2.09 bits per heavy atom. The maximum absolute atomic E-state index is 13.4. The second kappa shape index (κ2) is 12.1. The first-order valence-electron chi connectivity index (χ1n) is 10.8. The Morgan fingerprint density at radius 1 is 0.875 bits per heavy atom. The number of amides is 2. The number of rotatable bonds is 10. The number of aryl methyl sites for hydroxylation is 1. The SMILES string of the molecule is CNC(=O)[C@H](Cc1ccccc1)N(Cc1ccccc1C)C(=O)CSCc1ccccc1. The number of carbonyl (C=O) groups is 2. The average molecular weight is 447 g/mol. The van der Waals surface area contributed by atoms with Crippen molar-refractivity contribution in [1.82, 2.24) is 10.2 Å². The van der Waals surface area contributed by atoms with Gasteiger partial charge in [-0.25, -0.2) is 0 Å². The number of benzene rings is 3. The van der Waals surface area contributed by atoms with Gasteiger partial charge in [-0.05, 0) is 29.2 Å². The van der Waals surface area contributed by atoms with E-state index in [9.17, 15) is 9.59 Å². The third-order valence-corrected chi connectivity index (χ3v) is 6.45. The van der Waals surface area contributed by atoms with Gasteiger partial charge in [-0.1, -0.05) is 84.9 Å². The lowest BCUT2D eigenvalue weighted by Crippen LogP contribution is -2.50. The number of hydrogen-bond acceptors (Lipinski definition) is 3.